The standard InChI is InChI=1S/C32H34N6O6S2/c1-20-14-21(2)29(22(3)15-20)46(43,44)38-26(31(40)41)18-33-30(39)28-13-12-27(45-28)24-10-7-11-25(16-24)35-19-36-37-32(42)34-17-23-8-5-4-6-9-23/h4-16,19,26,38H,17-18H2,1-3H3,(H,33,39)(H,35,36)(H,40,41)(H2,34,37,42). The van der Waals surface area contributed by atoms with Crippen molar-refractivity contribution in [3.63, 3.8) is 0 Å². The molecule has 0 aliphatic carbocycles. The summed E-state index contributed by atoms with van der Waals surface area (Å²) in [6.45, 7) is 5.05. The summed E-state index contributed by atoms with van der Waals surface area (Å²) in [4.78, 5) is 42.1. The lowest BCUT2D eigenvalue weighted by atomic mass is 10.1. The fourth-order valence-corrected chi connectivity index (χ4v) is 7.24. The van der Waals surface area contributed by atoms with Gasteiger partial charge in [0.15, 0.2) is 0 Å². The van der Waals surface area contributed by atoms with Gasteiger partial charge in [-0.1, -0.05) is 60.2 Å². The first-order chi connectivity index (χ1) is 21.9. The van der Waals surface area contributed by atoms with Crippen molar-refractivity contribution in [3.05, 3.63) is 106 Å². The van der Waals surface area contributed by atoms with Crippen molar-refractivity contribution in [2.75, 3.05) is 6.54 Å². The molecule has 0 bridgehead atoms. The lowest BCUT2D eigenvalue weighted by Gasteiger charge is -2.18. The molecule has 1 aromatic heterocycles. The van der Waals surface area contributed by atoms with Crippen molar-refractivity contribution in [2.24, 2.45) is 4.99 Å². The van der Waals surface area contributed by atoms with E-state index >= 15 is 0 Å². The van der Waals surface area contributed by atoms with Crippen molar-refractivity contribution >= 4 is 51.3 Å². The van der Waals surface area contributed by atoms with Gasteiger partial charge in [0, 0.05) is 18.0 Å². The van der Waals surface area contributed by atoms with E-state index in [0.29, 0.717) is 28.2 Å². The number of urea groups is 1. The molecule has 0 saturated heterocycles. The lowest BCUT2D eigenvalue weighted by molar-refractivity contribution is -0.138. The third-order valence-electron chi connectivity index (χ3n) is 6.66. The zero-order valence-electron chi connectivity index (χ0n) is 25.3. The Morgan fingerprint density at radius 2 is 1.63 bits per heavy atom. The molecule has 0 radical (unpaired) electrons. The van der Waals surface area contributed by atoms with Gasteiger partial charge in [0.05, 0.1) is 15.5 Å². The largest absolute Gasteiger partial charge is 0.480 e. The summed E-state index contributed by atoms with van der Waals surface area (Å²) in [7, 11) is -4.18. The Morgan fingerprint density at radius 3 is 2.33 bits per heavy atom. The van der Waals surface area contributed by atoms with Gasteiger partial charge in [0.25, 0.3) is 5.91 Å². The van der Waals surface area contributed by atoms with Gasteiger partial charge in [-0.2, -0.15) is 4.72 Å². The Labute approximate surface area is 271 Å². The molecule has 46 heavy (non-hydrogen) atoms. The van der Waals surface area contributed by atoms with Crippen LogP contribution in [0.1, 0.15) is 31.9 Å². The SMILES string of the molecule is Cc1cc(C)c(S(=O)(=O)NC(CNC(=O)c2ccc(-c3cccc(N=CNNC(=O)NCc4ccccc4)c3)s2)C(=O)O)c(C)c1. The predicted molar refractivity (Wildman–Crippen MR) is 178 cm³/mol. The topological polar surface area (TPSA) is 178 Å². The number of nitrogens with zero attached hydrogens (tertiary/aromatic N) is 1. The first kappa shape index (κ1) is 33.8. The third kappa shape index (κ3) is 9.23. The van der Waals surface area contributed by atoms with Gasteiger partial charge >= 0.3 is 12.0 Å². The molecule has 1 heterocycles. The molecule has 12 nitrogen and oxygen atoms in total. The summed E-state index contributed by atoms with van der Waals surface area (Å²) in [6, 6.07) is 21.5. The highest BCUT2D eigenvalue weighted by Gasteiger charge is 2.28. The van der Waals surface area contributed by atoms with Crippen LogP contribution >= 0.6 is 11.3 Å². The van der Waals surface area contributed by atoms with Gasteiger partial charge < -0.3 is 15.7 Å². The highest BCUT2D eigenvalue weighted by atomic mass is 32.2. The highest BCUT2D eigenvalue weighted by molar-refractivity contribution is 7.89. The van der Waals surface area contributed by atoms with Crippen LogP contribution in [0.5, 0.6) is 0 Å². The second-order valence-corrected chi connectivity index (χ2v) is 13.1. The first-order valence-electron chi connectivity index (χ1n) is 14.1. The van der Waals surface area contributed by atoms with E-state index < -0.39 is 40.5 Å². The molecule has 3 amide bonds. The van der Waals surface area contributed by atoms with Crippen molar-refractivity contribution in [1.82, 2.24) is 26.2 Å². The summed E-state index contributed by atoms with van der Waals surface area (Å²) in [5.41, 5.74) is 9.31. The van der Waals surface area contributed by atoms with Gasteiger partial charge in [-0.3, -0.25) is 20.4 Å². The summed E-state index contributed by atoms with van der Waals surface area (Å²) in [6.07, 6.45) is 1.34. The van der Waals surface area contributed by atoms with E-state index in [1.807, 2.05) is 43.3 Å². The molecule has 0 aliphatic heterocycles. The maximum atomic E-state index is 13.1. The minimum atomic E-state index is -4.18. The van der Waals surface area contributed by atoms with Crippen LogP contribution in [0.15, 0.2) is 88.8 Å². The number of aliphatic imine (C=N–C) groups is 1. The Bertz CT molecular complexity index is 1830. The Morgan fingerprint density at radius 1 is 0.913 bits per heavy atom. The molecule has 0 saturated carbocycles. The number of carbonyl (C=O) groups excluding carboxylic acids is 2. The number of aryl methyl sites for hydroxylation is 3. The Hall–Kier alpha value is -5.05. The van der Waals surface area contributed by atoms with E-state index in [0.717, 1.165) is 21.6 Å². The molecule has 1 unspecified atom stereocenters. The van der Waals surface area contributed by atoms with Gasteiger partial charge in [-0.15, -0.1) is 11.3 Å². The number of carboxylic acid groups (broad SMARTS) is 1. The molecular weight excluding hydrogens is 629 g/mol. The maximum Gasteiger partial charge on any atom is 0.333 e. The summed E-state index contributed by atoms with van der Waals surface area (Å²) >= 11 is 1.18. The summed E-state index contributed by atoms with van der Waals surface area (Å²) in [5.74, 6) is -1.97. The number of nitrogens with one attached hydrogen (secondary N) is 5. The van der Waals surface area contributed by atoms with Crippen LogP contribution in [0.3, 0.4) is 0 Å². The number of hydrogen-bond acceptors (Lipinski definition) is 7. The molecule has 4 aromatic rings. The quantitative estimate of drug-likeness (QED) is 0.0707. The van der Waals surface area contributed by atoms with Crippen LogP contribution in [0.2, 0.25) is 0 Å². The first-order valence-corrected chi connectivity index (χ1v) is 16.4. The number of carboxylic acids is 1. The van der Waals surface area contributed by atoms with Gasteiger partial charge in [0.2, 0.25) is 10.0 Å². The zero-order chi connectivity index (χ0) is 33.3. The van der Waals surface area contributed by atoms with Crippen molar-refractivity contribution < 1.29 is 27.9 Å². The molecule has 6 N–H and O–H groups in total. The van der Waals surface area contributed by atoms with Crippen LogP contribution in [0, 0.1) is 20.8 Å². The maximum absolute atomic E-state index is 13.1. The number of hydrazine groups is 1. The van der Waals surface area contributed by atoms with Crippen LogP contribution in [0.25, 0.3) is 10.4 Å². The number of sulfonamides is 1. The number of benzene rings is 3. The monoisotopic (exact) mass is 662 g/mol. The second kappa shape index (κ2) is 15.3. The average molecular weight is 663 g/mol. The average Bonchev–Trinajstić information content (AvgIpc) is 3.51. The van der Waals surface area contributed by atoms with Gasteiger partial charge in [-0.05, 0) is 67.3 Å². The molecule has 4 rings (SSSR count). The Balaban J connectivity index is 1.32. The van der Waals surface area contributed by atoms with Crippen molar-refractivity contribution in [3.8, 4) is 10.4 Å². The van der Waals surface area contributed by atoms with E-state index in [9.17, 15) is 27.9 Å². The van der Waals surface area contributed by atoms with Crippen molar-refractivity contribution in [2.45, 2.75) is 38.3 Å². The normalized spacial score (nSPS) is 12.0. The molecular formula is C32H34N6O6S2. The number of aliphatic carboxylic acids is 1. The van der Waals surface area contributed by atoms with Crippen LogP contribution in [-0.2, 0) is 21.4 Å². The van der Waals surface area contributed by atoms with Crippen LogP contribution in [0.4, 0.5) is 10.5 Å². The fraction of sp³-hybridized carbons (Fsp3) is 0.188. The number of thiophene rings is 1. The molecule has 0 spiro atoms. The summed E-state index contributed by atoms with van der Waals surface area (Å²) < 4.78 is 28.4. The molecule has 0 aliphatic rings. The third-order valence-corrected chi connectivity index (χ3v) is 9.57. The fourth-order valence-electron chi connectivity index (χ4n) is 4.68. The number of amides is 3. The van der Waals surface area contributed by atoms with Gasteiger partial charge in [-0.25, -0.2) is 18.2 Å². The molecule has 3 aromatic carbocycles. The molecule has 1 atom stereocenters. The number of carbonyl (C=O) groups is 3. The highest BCUT2D eigenvalue weighted by Crippen LogP contribution is 2.30. The predicted octanol–water partition coefficient (Wildman–Crippen LogP) is 4.17. The van der Waals surface area contributed by atoms with E-state index in [1.165, 1.54) is 17.7 Å². The van der Waals surface area contributed by atoms with E-state index in [2.05, 4.69) is 31.2 Å². The van der Waals surface area contributed by atoms with Gasteiger partial charge in [0.1, 0.15) is 12.4 Å². The molecule has 14 heteroatoms. The summed E-state index contributed by atoms with van der Waals surface area (Å²) in [5, 5.41) is 14.9. The van der Waals surface area contributed by atoms with Crippen LogP contribution in [-0.4, -0.2) is 50.4 Å². The smallest absolute Gasteiger partial charge is 0.333 e. The number of rotatable bonds is 13. The minimum absolute atomic E-state index is 0.0153. The second-order valence-electron chi connectivity index (χ2n) is 10.4. The Kier molecular flexibility index (Phi) is 11.2. The van der Waals surface area contributed by atoms with E-state index in [1.54, 1.807) is 56.3 Å². The lowest BCUT2D eigenvalue weighted by Crippen LogP contribution is -2.48. The van der Waals surface area contributed by atoms with Crippen LogP contribution < -0.4 is 26.2 Å². The molecule has 0 fully saturated rings. The van der Waals surface area contributed by atoms with Crippen molar-refractivity contribution in [1.29, 1.82) is 0 Å². The molecule has 240 valence electrons. The van der Waals surface area contributed by atoms with E-state index in [4.69, 9.17) is 0 Å². The minimum Gasteiger partial charge on any atom is -0.480 e. The zero-order valence-corrected chi connectivity index (χ0v) is 27.0. The van der Waals surface area contributed by atoms with E-state index in [-0.39, 0.29) is 4.90 Å². The number of hydrogen-bond donors (Lipinski definition) is 6.